The van der Waals surface area contributed by atoms with E-state index < -0.39 is 92.6 Å². The van der Waals surface area contributed by atoms with Gasteiger partial charge in [-0.25, -0.2) is 9.59 Å². The molecular weight excluding hydrogens is 929 g/mol. The summed E-state index contributed by atoms with van der Waals surface area (Å²) in [6.07, 6.45) is -8.34. The number of furan rings is 2. The molecule has 4 saturated heterocycles. The van der Waals surface area contributed by atoms with Crippen molar-refractivity contribution >= 4 is 18.0 Å². The second-order valence-corrected chi connectivity index (χ2v) is 22.3. The summed E-state index contributed by atoms with van der Waals surface area (Å²) in [5.74, 6) is 2.45. The zero-order valence-electron chi connectivity index (χ0n) is 40.9. The smallest absolute Gasteiger partial charge is 0.407 e. The maximum absolute atomic E-state index is 14.7. The van der Waals surface area contributed by atoms with E-state index in [1.807, 2.05) is 0 Å². The number of ether oxygens (including phenoxy) is 8. The van der Waals surface area contributed by atoms with Crippen LogP contribution in [0.25, 0.3) is 0 Å². The van der Waals surface area contributed by atoms with Crippen LogP contribution in [0, 0.1) is 52.3 Å². The number of carbonyl (C=O) groups excluding carboxylic acids is 3. The first-order valence-corrected chi connectivity index (χ1v) is 25.7. The summed E-state index contributed by atoms with van der Waals surface area (Å²) in [7, 11) is 0. The highest BCUT2D eigenvalue weighted by Gasteiger charge is 2.71. The molecule has 8 fully saturated rings. The summed E-state index contributed by atoms with van der Waals surface area (Å²) >= 11 is 0. The van der Waals surface area contributed by atoms with Crippen LogP contribution in [0.1, 0.15) is 97.0 Å². The first-order chi connectivity index (χ1) is 34.0. The number of amides is 2. The maximum atomic E-state index is 14.7. The van der Waals surface area contributed by atoms with Crippen LogP contribution in [-0.2, 0) is 55.8 Å². The van der Waals surface area contributed by atoms with Gasteiger partial charge in [-0.2, -0.15) is 0 Å². The Bertz CT molecular complexity index is 2150. The predicted octanol–water partition coefficient (Wildman–Crippen LogP) is 3.68. The topological polar surface area (TPSA) is 277 Å². The van der Waals surface area contributed by atoms with Crippen molar-refractivity contribution in [1.29, 1.82) is 0 Å². The Balaban J connectivity index is 0.761. The third-order valence-corrected chi connectivity index (χ3v) is 18.2. The lowest BCUT2D eigenvalue weighted by molar-refractivity contribution is -0.363. The van der Waals surface area contributed by atoms with Crippen LogP contribution < -0.4 is 10.6 Å². The van der Waals surface area contributed by atoms with Crippen LogP contribution in [-0.4, -0.2) is 143 Å². The van der Waals surface area contributed by atoms with Crippen LogP contribution in [0.5, 0.6) is 0 Å². The molecular formula is C51H72N2O18. The second kappa shape index (κ2) is 20.2. The van der Waals surface area contributed by atoms with Crippen LogP contribution in [0.15, 0.2) is 45.6 Å². The molecule has 0 bridgehead atoms. The van der Waals surface area contributed by atoms with E-state index in [-0.39, 0.29) is 65.7 Å². The normalized spacial score (nSPS) is 46.1. The number of aliphatic hydroxyl groups excluding tert-OH is 5. The fourth-order valence-corrected chi connectivity index (χ4v) is 14.7. The number of aliphatic hydroxyl groups is 5. The number of nitrogens with one attached hydrogen (secondary N) is 2. The Hall–Kier alpha value is -3.67. The third-order valence-electron chi connectivity index (χ3n) is 18.2. The van der Waals surface area contributed by atoms with Gasteiger partial charge in [-0.3, -0.25) is 4.79 Å². The second-order valence-electron chi connectivity index (χ2n) is 22.3. The minimum atomic E-state index is -1.92. The zero-order chi connectivity index (χ0) is 50.0. The monoisotopic (exact) mass is 1000 g/mol. The standard InChI is InChI=1S/C51H72N2O18/c1-25-11-14-51(65-23-25)26(2)37-34(71-51)18-32-31-10-9-27-17-28(12-13-49(27,3)38(31)33(55)19-50(32,37)4)66-45-41(58)39(56)43(35(22-54)67-45)69-46-42(59)40(57)44(70-48(61)53-21-30-8-6-16-63-30)36(68-46)24-64-47(60)52-20-29-7-5-15-62-29/h5-8,15-16,25-28,31-32,34-46,54,56-59H,9-14,17-24H2,1-4H3,(H,52,60)(H,53,61)/t25-,26+,27+,28+,31?,32?,34?,35+,36+,37?,38?,39-,40-,41+,42+,43-,44-,45-,46+,49+,50+,51-/m1/s1. The number of hydrogen-bond donors (Lipinski definition) is 7. The van der Waals surface area contributed by atoms with E-state index in [2.05, 4.69) is 38.3 Å². The van der Waals surface area contributed by atoms with Crippen molar-refractivity contribution in [3.8, 4) is 0 Å². The number of fused-ring (bicyclic) bond motifs is 7. The first-order valence-electron chi connectivity index (χ1n) is 25.7. The molecule has 10 rings (SSSR count). The SMILES string of the molecule is C[C@@H]1CC[C@@]2(OC1)OC1CC3C4CC[C@H]5C[C@@H](O[C@@H]6O[C@@H](CO)[C@@H](O[C@@H]7O[C@@H](COC(=O)NCc8ccco8)[C@@H](OC(=O)NCc8ccco8)[C@H](O)[C@@H]7O)[C@H](O)[C@@H]6O)CC[C@]5(C)C4C(=O)C[C@]3(C)C1[C@@H]2C. The van der Waals surface area contributed by atoms with Crippen molar-refractivity contribution in [2.45, 2.75) is 178 Å². The number of carbonyl (C=O) groups is 3. The molecule has 7 N–H and O–H groups in total. The van der Waals surface area contributed by atoms with Crippen molar-refractivity contribution < 1.29 is 86.6 Å². The molecule has 1 spiro atoms. The number of Topliss-reactive ketones (excluding diaryl/α,β-unsaturated/α-hetero) is 1. The molecule has 71 heavy (non-hydrogen) atoms. The number of alkyl carbamates (subject to hydrolysis) is 2. The van der Waals surface area contributed by atoms with E-state index in [0.29, 0.717) is 55.0 Å². The van der Waals surface area contributed by atoms with Crippen molar-refractivity contribution in [2.24, 2.45) is 52.3 Å². The van der Waals surface area contributed by atoms with Gasteiger partial charge in [-0.15, -0.1) is 0 Å². The van der Waals surface area contributed by atoms with Gasteiger partial charge in [-0.1, -0.05) is 27.7 Å². The van der Waals surface area contributed by atoms with E-state index in [9.17, 15) is 39.9 Å². The Morgan fingerprint density at radius 2 is 1.46 bits per heavy atom. The summed E-state index contributed by atoms with van der Waals surface area (Å²) in [5, 5.41) is 61.3. The van der Waals surface area contributed by atoms with Crippen LogP contribution in [0.4, 0.5) is 9.59 Å². The Morgan fingerprint density at radius 3 is 2.13 bits per heavy atom. The average molecular weight is 1000 g/mol. The van der Waals surface area contributed by atoms with E-state index in [1.54, 1.807) is 24.3 Å². The summed E-state index contributed by atoms with van der Waals surface area (Å²) in [6.45, 7) is 8.46. The molecule has 4 aliphatic heterocycles. The van der Waals surface area contributed by atoms with Crippen LogP contribution in [0.3, 0.4) is 0 Å². The first kappa shape index (κ1) is 50.8. The molecule has 4 saturated carbocycles. The molecule has 5 unspecified atom stereocenters. The minimum Gasteiger partial charge on any atom is -0.467 e. The largest absolute Gasteiger partial charge is 0.467 e. The van der Waals surface area contributed by atoms with Gasteiger partial charge < -0.3 is 82.9 Å². The van der Waals surface area contributed by atoms with E-state index >= 15 is 0 Å². The highest BCUT2D eigenvalue weighted by Crippen LogP contribution is 2.70. The lowest BCUT2D eigenvalue weighted by atomic mass is 9.44. The number of ketones is 1. The molecule has 2 aromatic heterocycles. The molecule has 2 aromatic rings. The molecule has 2 amide bonds. The van der Waals surface area contributed by atoms with Gasteiger partial charge >= 0.3 is 12.2 Å². The quantitative estimate of drug-likeness (QED) is 0.149. The molecule has 0 radical (unpaired) electrons. The predicted molar refractivity (Wildman–Crippen MR) is 243 cm³/mol. The average Bonchev–Trinajstić information content (AvgIpc) is 4.17. The van der Waals surface area contributed by atoms with Crippen molar-refractivity contribution in [3.63, 3.8) is 0 Å². The van der Waals surface area contributed by atoms with Crippen molar-refractivity contribution in [1.82, 2.24) is 10.6 Å². The lowest BCUT2D eigenvalue weighted by Crippen LogP contribution is -2.65. The van der Waals surface area contributed by atoms with E-state index in [1.165, 1.54) is 12.5 Å². The Morgan fingerprint density at radius 1 is 0.789 bits per heavy atom. The number of rotatable bonds is 12. The van der Waals surface area contributed by atoms with Gasteiger partial charge in [0.25, 0.3) is 0 Å². The fraction of sp³-hybridized carbons (Fsp3) is 0.784. The third kappa shape index (κ3) is 9.46. The molecule has 0 aromatic carbocycles. The summed E-state index contributed by atoms with van der Waals surface area (Å²) in [5.41, 5.74) is -0.381. The van der Waals surface area contributed by atoms with Crippen LogP contribution >= 0.6 is 0 Å². The van der Waals surface area contributed by atoms with Gasteiger partial charge in [-0.05, 0) is 110 Å². The highest BCUT2D eigenvalue weighted by atomic mass is 16.8. The Labute approximate surface area is 412 Å². The molecule has 6 heterocycles. The van der Waals surface area contributed by atoms with Crippen LogP contribution in [0.2, 0.25) is 0 Å². The summed E-state index contributed by atoms with van der Waals surface area (Å²) < 4.78 is 59.2. The highest BCUT2D eigenvalue weighted by molar-refractivity contribution is 5.84. The zero-order valence-corrected chi connectivity index (χ0v) is 40.9. The van der Waals surface area contributed by atoms with E-state index in [4.69, 9.17) is 46.7 Å². The molecule has 20 nitrogen and oxygen atoms in total. The molecule has 8 aliphatic rings. The molecule has 22 atom stereocenters. The number of hydrogen-bond acceptors (Lipinski definition) is 18. The molecule has 4 aliphatic carbocycles. The maximum Gasteiger partial charge on any atom is 0.407 e. The molecule has 394 valence electrons. The summed E-state index contributed by atoms with van der Waals surface area (Å²) in [6, 6.07) is 6.54. The lowest BCUT2D eigenvalue weighted by Gasteiger charge is -2.60. The van der Waals surface area contributed by atoms with Gasteiger partial charge in [0.1, 0.15) is 66.6 Å². The van der Waals surface area contributed by atoms with Gasteiger partial charge in [0.2, 0.25) is 0 Å². The van der Waals surface area contributed by atoms with Gasteiger partial charge in [0.15, 0.2) is 24.5 Å². The molecule has 20 heteroatoms. The minimum absolute atomic E-state index is 0.00902. The van der Waals surface area contributed by atoms with Gasteiger partial charge in [0.05, 0.1) is 51.0 Å². The Kier molecular flexibility index (Phi) is 14.5. The summed E-state index contributed by atoms with van der Waals surface area (Å²) in [4.78, 5) is 40.2. The van der Waals surface area contributed by atoms with Crippen molar-refractivity contribution in [2.75, 3.05) is 19.8 Å². The van der Waals surface area contributed by atoms with Crippen molar-refractivity contribution in [3.05, 3.63) is 48.3 Å². The van der Waals surface area contributed by atoms with Gasteiger partial charge in [0, 0.05) is 24.7 Å². The fourth-order valence-electron chi connectivity index (χ4n) is 14.7. The van der Waals surface area contributed by atoms with E-state index in [0.717, 1.165) is 38.5 Å².